The zero-order valence-electron chi connectivity index (χ0n) is 16.8. The Kier molecular flexibility index (Phi) is 5.72. The molecule has 1 saturated heterocycles. The van der Waals surface area contributed by atoms with Gasteiger partial charge in [-0.15, -0.1) is 0 Å². The molecular formula is C21H18ClF3N2O4S. The van der Waals surface area contributed by atoms with Crippen molar-refractivity contribution in [1.29, 1.82) is 0 Å². The highest BCUT2D eigenvalue weighted by Gasteiger charge is 2.36. The number of aryl methyl sites for hydroxylation is 1. The summed E-state index contributed by atoms with van der Waals surface area (Å²) in [7, 11) is -4.19. The topological polar surface area (TPSA) is 70.8 Å². The third-order valence-corrected chi connectivity index (χ3v) is 7.51. The van der Waals surface area contributed by atoms with Crippen LogP contribution in [0.1, 0.15) is 21.7 Å². The molecule has 0 spiro atoms. The maximum absolute atomic E-state index is 13.1. The monoisotopic (exact) mass is 486 g/mol. The Balaban J connectivity index is 1.49. The van der Waals surface area contributed by atoms with Crippen molar-refractivity contribution in [3.8, 4) is 0 Å². The van der Waals surface area contributed by atoms with Gasteiger partial charge in [-0.05, 0) is 43.3 Å². The number of sulfonamides is 1. The molecule has 170 valence electrons. The molecular weight excluding hydrogens is 469 g/mol. The number of piperazine rings is 1. The van der Waals surface area contributed by atoms with Crippen molar-refractivity contribution < 1.29 is 30.8 Å². The number of halogens is 4. The lowest BCUT2D eigenvalue weighted by atomic mass is 10.2. The third-order valence-electron chi connectivity index (χ3n) is 5.29. The Hall–Kier alpha value is -2.56. The summed E-state index contributed by atoms with van der Waals surface area (Å²) < 4.78 is 71.7. The minimum atomic E-state index is -4.78. The Bertz CT molecular complexity index is 1300. The molecule has 1 aliphatic rings. The predicted octanol–water partition coefficient (Wildman–Crippen LogP) is 4.56. The summed E-state index contributed by atoms with van der Waals surface area (Å²) >= 11 is 5.59. The van der Waals surface area contributed by atoms with Crippen LogP contribution in [-0.4, -0.2) is 49.7 Å². The summed E-state index contributed by atoms with van der Waals surface area (Å²) in [5.41, 5.74) is 0.379. The molecule has 32 heavy (non-hydrogen) atoms. The van der Waals surface area contributed by atoms with Crippen LogP contribution >= 0.6 is 11.6 Å². The molecule has 3 aromatic rings. The largest absolute Gasteiger partial charge is 0.451 e. The fraction of sp³-hybridized carbons (Fsp3) is 0.286. The molecule has 6 nitrogen and oxygen atoms in total. The number of carbonyl (C=O) groups excluding carboxylic acids is 1. The third kappa shape index (κ3) is 4.22. The van der Waals surface area contributed by atoms with Crippen LogP contribution < -0.4 is 0 Å². The van der Waals surface area contributed by atoms with Crippen LogP contribution in [0.4, 0.5) is 13.2 Å². The molecule has 0 radical (unpaired) electrons. The fourth-order valence-corrected chi connectivity index (χ4v) is 5.26. The van der Waals surface area contributed by atoms with Crippen LogP contribution in [0.15, 0.2) is 51.8 Å². The van der Waals surface area contributed by atoms with Crippen LogP contribution in [0.2, 0.25) is 5.02 Å². The molecule has 11 heteroatoms. The number of alkyl halides is 3. The second-order valence-electron chi connectivity index (χ2n) is 7.49. The van der Waals surface area contributed by atoms with E-state index in [1.54, 1.807) is 12.1 Å². The Labute approximate surface area is 187 Å². The van der Waals surface area contributed by atoms with E-state index >= 15 is 0 Å². The van der Waals surface area contributed by atoms with Gasteiger partial charge in [0.05, 0.1) is 15.5 Å². The molecule has 1 fully saturated rings. The van der Waals surface area contributed by atoms with E-state index in [4.69, 9.17) is 16.0 Å². The van der Waals surface area contributed by atoms with Gasteiger partial charge < -0.3 is 9.32 Å². The van der Waals surface area contributed by atoms with Crippen LogP contribution in [-0.2, 0) is 16.2 Å². The van der Waals surface area contributed by atoms with Gasteiger partial charge >= 0.3 is 6.18 Å². The number of hydrogen-bond acceptors (Lipinski definition) is 4. The van der Waals surface area contributed by atoms with E-state index in [0.717, 1.165) is 27.4 Å². The number of rotatable bonds is 3. The SMILES string of the molecule is Cc1ccc2oc(C(=O)N3CCN(S(=O)(=O)c4ccc(Cl)c(C(F)(F)F)c4)CC3)cc2c1. The second-order valence-corrected chi connectivity index (χ2v) is 9.83. The minimum Gasteiger partial charge on any atom is -0.451 e. The number of furan rings is 1. The lowest BCUT2D eigenvalue weighted by Gasteiger charge is -2.33. The maximum atomic E-state index is 13.1. The summed E-state index contributed by atoms with van der Waals surface area (Å²) in [5.74, 6) is -0.226. The van der Waals surface area contributed by atoms with E-state index in [2.05, 4.69) is 0 Å². The summed E-state index contributed by atoms with van der Waals surface area (Å²) in [4.78, 5) is 13.8. The molecule has 0 aliphatic carbocycles. The minimum absolute atomic E-state index is 0.0581. The molecule has 2 aromatic carbocycles. The first-order chi connectivity index (χ1) is 15.0. The van der Waals surface area contributed by atoms with Crippen molar-refractivity contribution in [2.75, 3.05) is 26.2 Å². The summed E-state index contributed by atoms with van der Waals surface area (Å²) in [5, 5.41) is 0.214. The van der Waals surface area contributed by atoms with Crippen molar-refractivity contribution in [2.24, 2.45) is 0 Å². The molecule has 0 atom stereocenters. The van der Waals surface area contributed by atoms with Crippen LogP contribution in [0.25, 0.3) is 11.0 Å². The van der Waals surface area contributed by atoms with E-state index < -0.39 is 31.7 Å². The summed E-state index contributed by atoms with van der Waals surface area (Å²) in [6.45, 7) is 1.96. The predicted molar refractivity (Wildman–Crippen MR) is 112 cm³/mol. The average Bonchev–Trinajstić information content (AvgIpc) is 3.15. The van der Waals surface area contributed by atoms with E-state index in [9.17, 15) is 26.4 Å². The van der Waals surface area contributed by atoms with Crippen molar-refractivity contribution in [3.05, 3.63) is 64.4 Å². The van der Waals surface area contributed by atoms with Crippen molar-refractivity contribution in [1.82, 2.24) is 9.21 Å². The number of benzene rings is 2. The fourth-order valence-electron chi connectivity index (χ4n) is 3.59. The molecule has 4 rings (SSSR count). The van der Waals surface area contributed by atoms with Gasteiger partial charge in [-0.1, -0.05) is 23.2 Å². The van der Waals surface area contributed by atoms with Crippen molar-refractivity contribution in [2.45, 2.75) is 18.0 Å². The van der Waals surface area contributed by atoms with Crippen LogP contribution in [0, 0.1) is 6.92 Å². The van der Waals surface area contributed by atoms with Gasteiger partial charge in [0.15, 0.2) is 5.76 Å². The molecule has 1 aromatic heterocycles. The van der Waals surface area contributed by atoms with Gasteiger partial charge in [-0.3, -0.25) is 4.79 Å². The maximum Gasteiger partial charge on any atom is 0.417 e. The second kappa shape index (κ2) is 8.09. The van der Waals surface area contributed by atoms with Crippen molar-refractivity contribution >= 4 is 38.5 Å². The Morgan fingerprint density at radius 2 is 1.72 bits per heavy atom. The summed E-state index contributed by atoms with van der Waals surface area (Å²) in [6.07, 6.45) is -4.78. The highest BCUT2D eigenvalue weighted by Crippen LogP contribution is 2.36. The zero-order valence-corrected chi connectivity index (χ0v) is 18.4. The summed E-state index contributed by atoms with van der Waals surface area (Å²) in [6, 6.07) is 9.66. The lowest BCUT2D eigenvalue weighted by Crippen LogP contribution is -2.50. The first kappa shape index (κ1) is 22.6. The number of carbonyl (C=O) groups is 1. The Morgan fingerprint density at radius 1 is 1.03 bits per heavy atom. The van der Waals surface area contributed by atoms with Gasteiger partial charge in [0.25, 0.3) is 5.91 Å². The molecule has 0 bridgehead atoms. The molecule has 2 heterocycles. The standard InChI is InChI=1S/C21H18ClF3N2O4S/c1-13-2-5-18-14(10-13)11-19(31-18)20(28)26-6-8-27(9-7-26)32(29,30)15-3-4-17(22)16(12-15)21(23,24)25/h2-5,10-12H,6-9H2,1H3. The number of nitrogens with zero attached hydrogens (tertiary/aromatic N) is 2. The van der Waals surface area contributed by atoms with E-state index in [1.807, 2.05) is 19.1 Å². The van der Waals surface area contributed by atoms with Gasteiger partial charge in [0, 0.05) is 31.6 Å². The van der Waals surface area contributed by atoms with E-state index in [0.29, 0.717) is 11.6 Å². The van der Waals surface area contributed by atoms with Gasteiger partial charge in [0.1, 0.15) is 5.58 Å². The van der Waals surface area contributed by atoms with Crippen LogP contribution in [0.5, 0.6) is 0 Å². The smallest absolute Gasteiger partial charge is 0.417 e. The number of amides is 1. The molecule has 0 saturated carbocycles. The number of fused-ring (bicyclic) bond motifs is 1. The quantitative estimate of drug-likeness (QED) is 0.544. The highest BCUT2D eigenvalue weighted by molar-refractivity contribution is 7.89. The first-order valence-electron chi connectivity index (χ1n) is 9.63. The number of hydrogen-bond donors (Lipinski definition) is 0. The lowest BCUT2D eigenvalue weighted by molar-refractivity contribution is -0.137. The molecule has 1 aliphatic heterocycles. The molecule has 0 unspecified atom stereocenters. The molecule has 1 amide bonds. The van der Waals surface area contributed by atoms with Gasteiger partial charge in [-0.2, -0.15) is 17.5 Å². The average molecular weight is 487 g/mol. The zero-order chi connectivity index (χ0) is 23.3. The Morgan fingerprint density at radius 3 is 2.38 bits per heavy atom. The van der Waals surface area contributed by atoms with E-state index in [-0.39, 0.29) is 37.8 Å². The van der Waals surface area contributed by atoms with E-state index in [1.165, 1.54) is 4.90 Å². The highest BCUT2D eigenvalue weighted by atomic mass is 35.5. The normalized spacial score (nSPS) is 16.0. The first-order valence-corrected chi connectivity index (χ1v) is 11.4. The van der Waals surface area contributed by atoms with Crippen molar-refractivity contribution in [3.63, 3.8) is 0 Å². The molecule has 0 N–H and O–H groups in total. The van der Waals surface area contributed by atoms with Gasteiger partial charge in [-0.25, -0.2) is 8.42 Å². The van der Waals surface area contributed by atoms with Crippen LogP contribution in [0.3, 0.4) is 0 Å². The van der Waals surface area contributed by atoms with Gasteiger partial charge in [0.2, 0.25) is 10.0 Å².